The number of benzene rings is 1. The minimum atomic E-state index is -0.337. The van der Waals surface area contributed by atoms with Crippen LogP contribution in [-0.4, -0.2) is 41.3 Å². The number of carbonyl (C=O) groups is 3. The van der Waals surface area contributed by atoms with E-state index in [1.54, 1.807) is 24.3 Å². The summed E-state index contributed by atoms with van der Waals surface area (Å²) in [5.74, 6) is -0.494. The molecule has 0 saturated carbocycles. The summed E-state index contributed by atoms with van der Waals surface area (Å²) in [4.78, 5) is 34.9. The zero-order chi connectivity index (χ0) is 18.2. The van der Waals surface area contributed by atoms with Crippen LogP contribution in [0.25, 0.3) is 0 Å². The van der Waals surface area contributed by atoms with Crippen LogP contribution in [0, 0.1) is 0 Å². The van der Waals surface area contributed by atoms with Crippen molar-refractivity contribution >= 4 is 46.8 Å². The van der Waals surface area contributed by atoms with E-state index >= 15 is 0 Å². The van der Waals surface area contributed by atoms with Crippen molar-refractivity contribution < 1.29 is 14.4 Å². The van der Waals surface area contributed by atoms with Gasteiger partial charge in [0.2, 0.25) is 17.7 Å². The highest BCUT2D eigenvalue weighted by Gasteiger charge is 2.14. The Balaban J connectivity index is 2.19. The number of thioether (sulfide) groups is 1. The van der Waals surface area contributed by atoms with Gasteiger partial charge in [0.25, 0.3) is 0 Å². The number of anilines is 1. The van der Waals surface area contributed by atoms with E-state index < -0.39 is 0 Å². The predicted octanol–water partition coefficient (Wildman–Crippen LogP) is 2.04. The summed E-state index contributed by atoms with van der Waals surface area (Å²) in [6, 6.07) is 6.76. The van der Waals surface area contributed by atoms with Crippen molar-refractivity contribution in [3.63, 3.8) is 0 Å². The molecule has 8 heteroatoms. The number of hydrogen-bond acceptors (Lipinski definition) is 4. The molecule has 0 fully saturated rings. The fraction of sp³-hybridized carbons (Fsp3) is 0.438. The standard InChI is InChI=1S/C16H22ClN3O3S/c1-16(2,3)20-13(21)8-18-14(22)9-24-10-15(23)19-12-6-4-11(17)5-7-12/h4-7H,8-10H2,1-3H3,(H,18,22)(H,19,23)(H,20,21). The molecule has 0 aliphatic carbocycles. The number of nitrogens with one attached hydrogen (secondary N) is 3. The fourth-order valence-corrected chi connectivity index (χ4v) is 2.43. The van der Waals surface area contributed by atoms with Gasteiger partial charge in [0.05, 0.1) is 18.1 Å². The third-order valence-electron chi connectivity index (χ3n) is 2.55. The first-order chi connectivity index (χ1) is 11.2. The normalized spacial score (nSPS) is 10.8. The number of hydrogen-bond donors (Lipinski definition) is 3. The molecule has 0 unspecified atom stereocenters. The van der Waals surface area contributed by atoms with E-state index in [0.717, 1.165) is 0 Å². The first kappa shape index (κ1) is 20.3. The lowest BCUT2D eigenvalue weighted by Crippen LogP contribution is -2.46. The van der Waals surface area contributed by atoms with Crippen molar-refractivity contribution in [1.82, 2.24) is 10.6 Å². The van der Waals surface area contributed by atoms with Crippen LogP contribution in [0.5, 0.6) is 0 Å². The molecule has 1 aromatic rings. The Morgan fingerprint density at radius 3 is 2.17 bits per heavy atom. The van der Waals surface area contributed by atoms with Crippen LogP contribution in [-0.2, 0) is 14.4 Å². The second-order valence-electron chi connectivity index (χ2n) is 6.12. The molecule has 132 valence electrons. The molecule has 3 amide bonds. The molecule has 24 heavy (non-hydrogen) atoms. The summed E-state index contributed by atoms with van der Waals surface area (Å²) in [5, 5.41) is 8.56. The van der Waals surface area contributed by atoms with E-state index in [1.807, 2.05) is 20.8 Å². The highest BCUT2D eigenvalue weighted by molar-refractivity contribution is 8.00. The topological polar surface area (TPSA) is 87.3 Å². The average Bonchev–Trinajstić information content (AvgIpc) is 2.46. The van der Waals surface area contributed by atoms with Crippen molar-refractivity contribution in [3.8, 4) is 0 Å². The van der Waals surface area contributed by atoms with Crippen molar-refractivity contribution in [1.29, 1.82) is 0 Å². The van der Waals surface area contributed by atoms with Crippen molar-refractivity contribution in [2.45, 2.75) is 26.3 Å². The van der Waals surface area contributed by atoms with E-state index in [2.05, 4.69) is 16.0 Å². The first-order valence-corrected chi connectivity index (χ1v) is 8.90. The highest BCUT2D eigenvalue weighted by atomic mass is 35.5. The van der Waals surface area contributed by atoms with E-state index in [1.165, 1.54) is 11.8 Å². The summed E-state index contributed by atoms with van der Waals surface area (Å²) in [7, 11) is 0. The molecule has 0 bridgehead atoms. The number of amides is 3. The Morgan fingerprint density at radius 2 is 1.58 bits per heavy atom. The molecule has 0 heterocycles. The number of halogens is 1. The second-order valence-corrected chi connectivity index (χ2v) is 7.54. The largest absolute Gasteiger partial charge is 0.350 e. The summed E-state index contributed by atoms with van der Waals surface area (Å²) in [6.45, 7) is 5.51. The molecule has 0 saturated heterocycles. The maximum atomic E-state index is 11.7. The lowest BCUT2D eigenvalue weighted by molar-refractivity contribution is -0.125. The van der Waals surface area contributed by atoms with Crippen LogP contribution in [0.3, 0.4) is 0 Å². The van der Waals surface area contributed by atoms with Gasteiger partial charge >= 0.3 is 0 Å². The van der Waals surface area contributed by atoms with Gasteiger partial charge in [0.15, 0.2) is 0 Å². The van der Waals surface area contributed by atoms with Crippen molar-refractivity contribution in [2.75, 3.05) is 23.4 Å². The Labute approximate surface area is 151 Å². The van der Waals surface area contributed by atoms with E-state index in [9.17, 15) is 14.4 Å². The van der Waals surface area contributed by atoms with Gasteiger partial charge in [-0.25, -0.2) is 0 Å². The quantitative estimate of drug-likeness (QED) is 0.684. The monoisotopic (exact) mass is 371 g/mol. The van der Waals surface area contributed by atoms with E-state index in [4.69, 9.17) is 11.6 Å². The molecule has 0 atom stereocenters. The minimum absolute atomic E-state index is 0.0758. The van der Waals surface area contributed by atoms with Gasteiger partial charge in [-0.05, 0) is 45.0 Å². The van der Waals surface area contributed by atoms with Gasteiger partial charge < -0.3 is 16.0 Å². The van der Waals surface area contributed by atoms with Crippen LogP contribution >= 0.6 is 23.4 Å². The molecule has 0 spiro atoms. The second kappa shape index (κ2) is 9.54. The average molecular weight is 372 g/mol. The van der Waals surface area contributed by atoms with Gasteiger partial charge in [-0.3, -0.25) is 14.4 Å². The van der Waals surface area contributed by atoms with Crippen LogP contribution in [0.15, 0.2) is 24.3 Å². The van der Waals surface area contributed by atoms with Gasteiger partial charge in [-0.1, -0.05) is 11.6 Å². The molecule has 1 aromatic carbocycles. The Bertz CT molecular complexity index is 585. The third-order valence-corrected chi connectivity index (χ3v) is 3.74. The van der Waals surface area contributed by atoms with Gasteiger partial charge in [0.1, 0.15) is 0 Å². The smallest absolute Gasteiger partial charge is 0.239 e. The lowest BCUT2D eigenvalue weighted by atomic mass is 10.1. The Kier molecular flexibility index (Phi) is 8.07. The van der Waals surface area contributed by atoms with Crippen LogP contribution in [0.4, 0.5) is 5.69 Å². The van der Waals surface area contributed by atoms with Gasteiger partial charge in [-0.15, -0.1) is 11.8 Å². The fourth-order valence-electron chi connectivity index (χ4n) is 1.66. The molecular weight excluding hydrogens is 350 g/mol. The number of rotatable bonds is 7. The van der Waals surface area contributed by atoms with Gasteiger partial charge in [-0.2, -0.15) is 0 Å². The summed E-state index contributed by atoms with van der Waals surface area (Å²) < 4.78 is 0. The zero-order valence-corrected chi connectivity index (χ0v) is 15.5. The summed E-state index contributed by atoms with van der Waals surface area (Å²) in [5.41, 5.74) is 0.310. The minimum Gasteiger partial charge on any atom is -0.350 e. The highest BCUT2D eigenvalue weighted by Crippen LogP contribution is 2.13. The molecule has 0 aliphatic rings. The maximum absolute atomic E-state index is 11.7. The molecule has 6 nitrogen and oxygen atoms in total. The van der Waals surface area contributed by atoms with Crippen molar-refractivity contribution in [2.24, 2.45) is 0 Å². The van der Waals surface area contributed by atoms with E-state index in [-0.39, 0.29) is 41.3 Å². The maximum Gasteiger partial charge on any atom is 0.239 e. The zero-order valence-electron chi connectivity index (χ0n) is 13.9. The summed E-state index contributed by atoms with van der Waals surface area (Å²) in [6.07, 6.45) is 0. The molecular formula is C16H22ClN3O3S. The Morgan fingerprint density at radius 1 is 1.00 bits per heavy atom. The molecule has 0 radical (unpaired) electrons. The van der Waals surface area contributed by atoms with E-state index in [0.29, 0.717) is 10.7 Å². The molecule has 1 rings (SSSR count). The van der Waals surface area contributed by atoms with Gasteiger partial charge in [0, 0.05) is 16.2 Å². The molecule has 3 N–H and O–H groups in total. The lowest BCUT2D eigenvalue weighted by Gasteiger charge is -2.20. The van der Waals surface area contributed by atoms with Crippen LogP contribution < -0.4 is 16.0 Å². The summed E-state index contributed by atoms with van der Waals surface area (Å²) >= 11 is 6.94. The predicted molar refractivity (Wildman–Crippen MR) is 98.3 cm³/mol. The SMILES string of the molecule is CC(C)(C)NC(=O)CNC(=O)CSCC(=O)Nc1ccc(Cl)cc1. The third kappa shape index (κ3) is 9.42. The number of carbonyl (C=O) groups excluding carboxylic acids is 3. The first-order valence-electron chi connectivity index (χ1n) is 7.36. The van der Waals surface area contributed by atoms with Crippen LogP contribution in [0.2, 0.25) is 5.02 Å². The van der Waals surface area contributed by atoms with Crippen LogP contribution in [0.1, 0.15) is 20.8 Å². The van der Waals surface area contributed by atoms with Crippen molar-refractivity contribution in [3.05, 3.63) is 29.3 Å². The molecule has 0 aliphatic heterocycles. The Hall–Kier alpha value is -1.73. The molecule has 0 aromatic heterocycles.